The van der Waals surface area contributed by atoms with Gasteiger partial charge in [0.2, 0.25) is 12.2 Å². The fourth-order valence-electron chi connectivity index (χ4n) is 4.76. The van der Waals surface area contributed by atoms with Gasteiger partial charge < -0.3 is 25.4 Å². The van der Waals surface area contributed by atoms with Gasteiger partial charge in [-0.05, 0) is 54.7 Å². The number of hydrogen-bond acceptors (Lipinski definition) is 7. The second-order valence-corrected chi connectivity index (χ2v) is 11.5. The third-order valence-electron chi connectivity index (χ3n) is 6.75. The summed E-state index contributed by atoms with van der Waals surface area (Å²) in [6.45, 7) is 4.35. The van der Waals surface area contributed by atoms with Gasteiger partial charge in [0.1, 0.15) is 6.04 Å². The molecule has 2 aliphatic heterocycles. The summed E-state index contributed by atoms with van der Waals surface area (Å²) in [5, 5.41) is 9.26. The molecule has 0 spiro atoms. The third-order valence-corrected chi connectivity index (χ3v) is 7.90. The number of hydrogen-bond donors (Lipinski definition) is 3. The molecule has 3 atom stereocenters. The Morgan fingerprint density at radius 1 is 1.00 bits per heavy atom. The van der Waals surface area contributed by atoms with Crippen molar-refractivity contribution in [2.75, 3.05) is 11.9 Å². The van der Waals surface area contributed by atoms with Crippen LogP contribution in [0.5, 0.6) is 0 Å². The van der Waals surface area contributed by atoms with Crippen LogP contribution in [0.15, 0.2) is 82.6 Å². The number of amides is 2. The lowest BCUT2D eigenvalue weighted by atomic mass is 10.0. The number of para-hydroxylation sites is 1. The molecule has 0 radical (unpaired) electrons. The van der Waals surface area contributed by atoms with Crippen LogP contribution in [0.2, 0.25) is 0 Å². The lowest BCUT2D eigenvalue weighted by molar-refractivity contribution is -0.172. The Labute approximate surface area is 238 Å². The van der Waals surface area contributed by atoms with Crippen LogP contribution >= 0.6 is 11.8 Å². The summed E-state index contributed by atoms with van der Waals surface area (Å²) in [6, 6.07) is 21.6. The topological polar surface area (TPSA) is 106 Å². The molecule has 40 heavy (non-hydrogen) atoms. The molecule has 0 aromatic heterocycles. The van der Waals surface area contributed by atoms with Crippen molar-refractivity contribution in [3.63, 3.8) is 0 Å². The molecule has 0 aliphatic carbocycles. The Hall–Kier alpha value is -3.82. The van der Waals surface area contributed by atoms with Crippen molar-refractivity contribution in [2.24, 2.45) is 5.92 Å². The normalized spacial score (nSPS) is 18.2. The van der Waals surface area contributed by atoms with Gasteiger partial charge in [-0.3, -0.25) is 14.4 Å². The second-order valence-electron chi connectivity index (χ2n) is 10.4. The minimum absolute atomic E-state index is 0.118. The van der Waals surface area contributed by atoms with Crippen molar-refractivity contribution < 1.29 is 23.9 Å². The van der Waals surface area contributed by atoms with Crippen molar-refractivity contribution in [1.82, 2.24) is 10.6 Å². The standard InChI is InChI=1S/C31H33N3O5S/c1-19(2)16-25(30(37)33-23-14-15-38-31(23)39-28(35)17-20-8-4-3-5-9-20)34-29(36)21-12-13-27-24(18-21)32-22-10-6-7-11-26(22)40-27/h3-13,18-19,23,25,31-32H,14-17H2,1-2H3,(H,33,37)(H,34,36)/t23-,25-,31?/m0/s1. The van der Waals surface area contributed by atoms with Gasteiger partial charge in [-0.2, -0.15) is 0 Å². The molecule has 9 heteroatoms. The van der Waals surface area contributed by atoms with Crippen molar-refractivity contribution in [1.29, 1.82) is 0 Å². The SMILES string of the molecule is CC(C)C[C@H](NC(=O)c1ccc2c(c1)Nc1ccccc1S2)C(=O)N[C@H]1CCOC1OC(=O)Cc1ccccc1. The van der Waals surface area contributed by atoms with Gasteiger partial charge in [0.25, 0.3) is 5.91 Å². The Morgan fingerprint density at radius 3 is 2.55 bits per heavy atom. The average molecular weight is 560 g/mol. The first kappa shape index (κ1) is 27.7. The Bertz CT molecular complexity index is 1380. The summed E-state index contributed by atoms with van der Waals surface area (Å²) in [5.74, 6) is -0.926. The second kappa shape index (κ2) is 12.6. The molecule has 3 N–H and O–H groups in total. The van der Waals surface area contributed by atoms with Crippen molar-refractivity contribution in [3.8, 4) is 0 Å². The number of anilines is 2. The molecular formula is C31H33N3O5S. The fraction of sp³-hybridized carbons (Fsp3) is 0.323. The molecule has 1 fully saturated rings. The minimum Gasteiger partial charge on any atom is -0.433 e. The van der Waals surface area contributed by atoms with Gasteiger partial charge in [0.15, 0.2) is 0 Å². The van der Waals surface area contributed by atoms with Crippen LogP contribution in [-0.4, -0.2) is 42.8 Å². The zero-order chi connectivity index (χ0) is 28.1. The van der Waals surface area contributed by atoms with Crippen molar-refractivity contribution in [2.45, 2.75) is 61.3 Å². The maximum Gasteiger partial charge on any atom is 0.312 e. The molecule has 3 aromatic carbocycles. The van der Waals surface area contributed by atoms with E-state index in [1.54, 1.807) is 17.8 Å². The Morgan fingerprint density at radius 2 is 1.75 bits per heavy atom. The lowest BCUT2D eigenvalue weighted by Crippen LogP contribution is -2.52. The number of ether oxygens (including phenoxy) is 2. The highest BCUT2D eigenvalue weighted by atomic mass is 32.2. The average Bonchev–Trinajstić information content (AvgIpc) is 3.37. The van der Waals surface area contributed by atoms with Crippen LogP contribution in [0.1, 0.15) is 42.6 Å². The maximum atomic E-state index is 13.4. The molecule has 2 heterocycles. The van der Waals surface area contributed by atoms with E-state index in [2.05, 4.69) is 22.0 Å². The zero-order valence-corrected chi connectivity index (χ0v) is 23.3. The third kappa shape index (κ3) is 6.84. The van der Waals surface area contributed by atoms with Gasteiger partial charge in [-0.15, -0.1) is 0 Å². The predicted molar refractivity (Wildman–Crippen MR) is 154 cm³/mol. The first-order valence-corrected chi connectivity index (χ1v) is 14.3. The lowest BCUT2D eigenvalue weighted by Gasteiger charge is -2.25. The molecule has 0 saturated carbocycles. The van der Waals surface area contributed by atoms with Gasteiger partial charge >= 0.3 is 5.97 Å². The van der Waals surface area contributed by atoms with Gasteiger partial charge in [-0.1, -0.05) is 68.1 Å². The molecule has 1 saturated heterocycles. The number of benzene rings is 3. The van der Waals surface area contributed by atoms with Crippen molar-refractivity contribution in [3.05, 3.63) is 83.9 Å². The number of nitrogens with one attached hydrogen (secondary N) is 3. The molecule has 2 amide bonds. The van der Waals surface area contributed by atoms with E-state index in [1.165, 1.54) is 0 Å². The zero-order valence-electron chi connectivity index (χ0n) is 22.5. The number of carbonyl (C=O) groups excluding carboxylic acids is 3. The highest BCUT2D eigenvalue weighted by molar-refractivity contribution is 7.99. The first-order valence-electron chi connectivity index (χ1n) is 13.5. The summed E-state index contributed by atoms with van der Waals surface area (Å²) >= 11 is 1.65. The van der Waals surface area contributed by atoms with E-state index in [4.69, 9.17) is 9.47 Å². The van der Waals surface area contributed by atoms with E-state index in [0.717, 1.165) is 26.7 Å². The highest BCUT2D eigenvalue weighted by Gasteiger charge is 2.35. The number of esters is 1. The predicted octanol–water partition coefficient (Wildman–Crippen LogP) is 5.06. The van der Waals surface area contributed by atoms with Gasteiger partial charge in [0.05, 0.1) is 30.4 Å². The molecule has 1 unspecified atom stereocenters. The Balaban J connectivity index is 1.21. The molecule has 2 aliphatic rings. The van der Waals surface area contributed by atoms with Gasteiger partial charge in [-0.25, -0.2) is 0 Å². The smallest absolute Gasteiger partial charge is 0.312 e. The maximum absolute atomic E-state index is 13.4. The van der Waals surface area contributed by atoms with E-state index in [1.807, 2.05) is 74.5 Å². The van der Waals surface area contributed by atoms with Crippen LogP contribution in [0.3, 0.4) is 0 Å². The van der Waals surface area contributed by atoms with Crippen LogP contribution in [-0.2, 0) is 25.5 Å². The van der Waals surface area contributed by atoms with Crippen LogP contribution in [0.4, 0.5) is 11.4 Å². The number of rotatable bonds is 9. The molecule has 208 valence electrons. The monoisotopic (exact) mass is 559 g/mol. The largest absolute Gasteiger partial charge is 0.433 e. The summed E-state index contributed by atoms with van der Waals surface area (Å²) < 4.78 is 11.2. The van der Waals surface area contributed by atoms with Gasteiger partial charge in [0, 0.05) is 15.4 Å². The summed E-state index contributed by atoms with van der Waals surface area (Å²) in [6.07, 6.45) is 0.207. The number of carbonyl (C=O) groups is 3. The Kier molecular flexibility index (Phi) is 8.72. The first-order chi connectivity index (χ1) is 19.4. The quantitative estimate of drug-likeness (QED) is 0.246. The summed E-state index contributed by atoms with van der Waals surface area (Å²) in [4.78, 5) is 41.3. The van der Waals surface area contributed by atoms with Crippen molar-refractivity contribution >= 4 is 40.9 Å². The summed E-state index contributed by atoms with van der Waals surface area (Å²) in [5.41, 5.74) is 3.15. The van der Waals surface area contributed by atoms with Crippen LogP contribution < -0.4 is 16.0 Å². The molecule has 3 aromatic rings. The molecular weight excluding hydrogens is 526 g/mol. The molecule has 8 nitrogen and oxygen atoms in total. The number of fused-ring (bicyclic) bond motifs is 2. The minimum atomic E-state index is -0.873. The van der Waals surface area contributed by atoms with E-state index in [9.17, 15) is 14.4 Å². The summed E-state index contributed by atoms with van der Waals surface area (Å²) in [7, 11) is 0. The van der Waals surface area contributed by atoms with E-state index >= 15 is 0 Å². The van der Waals surface area contributed by atoms with Crippen LogP contribution in [0, 0.1) is 5.92 Å². The van der Waals surface area contributed by atoms with E-state index in [0.29, 0.717) is 25.0 Å². The van der Waals surface area contributed by atoms with E-state index in [-0.39, 0.29) is 24.2 Å². The molecule has 0 bridgehead atoms. The van der Waals surface area contributed by atoms with E-state index < -0.39 is 24.3 Å². The molecule has 5 rings (SSSR count). The van der Waals surface area contributed by atoms with Crippen LogP contribution in [0.25, 0.3) is 0 Å². The fourth-order valence-corrected chi connectivity index (χ4v) is 5.73. The highest BCUT2D eigenvalue weighted by Crippen LogP contribution is 2.44.